The van der Waals surface area contributed by atoms with Gasteiger partial charge in [-0.25, -0.2) is 8.42 Å². The van der Waals surface area contributed by atoms with Gasteiger partial charge in [-0.1, -0.05) is 52.8 Å². The van der Waals surface area contributed by atoms with Crippen LogP contribution >= 0.6 is 0 Å². The highest BCUT2D eigenvalue weighted by Crippen LogP contribution is 2.37. The highest BCUT2D eigenvalue weighted by molar-refractivity contribution is 7.92. The maximum absolute atomic E-state index is 13.6. The number of hydrogen-bond acceptors (Lipinski definition) is 7. The van der Waals surface area contributed by atoms with Gasteiger partial charge < -0.3 is 19.0 Å². The molecule has 0 fully saturated rings. The molecule has 4 atom stereocenters. The molecule has 0 aliphatic carbocycles. The molecule has 1 aromatic carbocycles. The van der Waals surface area contributed by atoms with Crippen LogP contribution in [0.5, 0.6) is 0 Å². The third kappa shape index (κ3) is 9.37. The number of carbonyl (C=O) groups is 1. The van der Waals surface area contributed by atoms with Crippen molar-refractivity contribution in [2.45, 2.75) is 88.3 Å². The molecule has 0 aliphatic rings. The van der Waals surface area contributed by atoms with Crippen molar-refractivity contribution < 1.29 is 32.2 Å². The second-order valence-corrected chi connectivity index (χ2v) is 17.9. The zero-order valence-electron chi connectivity index (χ0n) is 22.7. The SMILES string of the molecule is COCO[C@H](CO[Si](C)(C)C(C)(C)C)[C@@H](C)CC(C(=O)C(C)CCCO)S(=O)(=O)c1ccccc1. The molecule has 2 unspecified atom stereocenters. The van der Waals surface area contributed by atoms with Gasteiger partial charge in [0, 0.05) is 19.6 Å². The lowest BCUT2D eigenvalue weighted by atomic mass is 9.91. The molecular weight excluding hydrogens is 484 g/mol. The van der Waals surface area contributed by atoms with Crippen molar-refractivity contribution in [1.29, 1.82) is 0 Å². The average molecular weight is 531 g/mol. The second-order valence-electron chi connectivity index (χ2n) is 10.9. The highest BCUT2D eigenvalue weighted by atomic mass is 32.2. The van der Waals surface area contributed by atoms with E-state index in [2.05, 4.69) is 33.9 Å². The first-order valence-corrected chi connectivity index (χ1v) is 16.8. The third-order valence-corrected chi connectivity index (χ3v) is 13.7. The summed E-state index contributed by atoms with van der Waals surface area (Å²) in [6.45, 7) is 14.7. The van der Waals surface area contributed by atoms with E-state index < -0.39 is 35.4 Å². The number of methoxy groups -OCH3 is 1. The third-order valence-electron chi connectivity index (χ3n) is 7.08. The summed E-state index contributed by atoms with van der Waals surface area (Å²) in [6.07, 6.45) is 0.552. The summed E-state index contributed by atoms with van der Waals surface area (Å²) in [5.74, 6) is -1.10. The molecule has 0 saturated carbocycles. The van der Waals surface area contributed by atoms with Gasteiger partial charge in [-0.2, -0.15) is 0 Å². The van der Waals surface area contributed by atoms with Crippen LogP contribution in [-0.4, -0.2) is 66.1 Å². The Morgan fingerprint density at radius 2 is 1.71 bits per heavy atom. The van der Waals surface area contributed by atoms with Crippen molar-refractivity contribution in [3.05, 3.63) is 30.3 Å². The number of benzene rings is 1. The number of ether oxygens (including phenoxy) is 2. The fourth-order valence-electron chi connectivity index (χ4n) is 3.56. The van der Waals surface area contributed by atoms with Gasteiger partial charge in [0.25, 0.3) is 0 Å². The minimum atomic E-state index is -3.92. The molecule has 0 heterocycles. The quantitative estimate of drug-likeness (QED) is 0.241. The lowest BCUT2D eigenvalue weighted by Gasteiger charge is -2.38. The van der Waals surface area contributed by atoms with Crippen molar-refractivity contribution in [2.75, 3.05) is 27.1 Å². The van der Waals surface area contributed by atoms with Crippen LogP contribution in [0.25, 0.3) is 0 Å². The second kappa shape index (κ2) is 14.0. The van der Waals surface area contributed by atoms with Crippen LogP contribution in [-0.2, 0) is 28.5 Å². The minimum absolute atomic E-state index is 0.0132. The normalized spacial score (nSPS) is 16.5. The number of aliphatic hydroxyl groups is 1. The zero-order valence-corrected chi connectivity index (χ0v) is 24.6. The van der Waals surface area contributed by atoms with E-state index in [-0.39, 0.29) is 41.5 Å². The van der Waals surface area contributed by atoms with Gasteiger partial charge in [0.05, 0.1) is 17.6 Å². The molecule has 1 rings (SSSR count). The Bertz CT molecular complexity index is 865. The Kier molecular flexibility index (Phi) is 12.8. The standard InChI is InChI=1S/C26H46O7SSi/c1-20(13-12-16-27)25(28)24(34(29,30)22-14-10-9-11-15-22)17-21(2)23(32-19-31-6)18-33-35(7,8)26(3,4)5/h9-11,14-15,20-21,23-24,27H,12-13,16-19H2,1-8H3/t20?,21-,23+,24?/m0/s1. The first-order valence-electron chi connectivity index (χ1n) is 12.4. The molecule has 35 heavy (non-hydrogen) atoms. The van der Waals surface area contributed by atoms with Crippen LogP contribution in [0.4, 0.5) is 0 Å². The summed E-state index contributed by atoms with van der Waals surface area (Å²) in [6, 6.07) is 8.11. The topological polar surface area (TPSA) is 99.1 Å². The van der Waals surface area contributed by atoms with E-state index >= 15 is 0 Å². The largest absolute Gasteiger partial charge is 0.414 e. The van der Waals surface area contributed by atoms with Gasteiger partial charge in [-0.15, -0.1) is 0 Å². The molecule has 0 aromatic heterocycles. The van der Waals surface area contributed by atoms with E-state index in [0.717, 1.165) is 0 Å². The van der Waals surface area contributed by atoms with E-state index in [1.807, 2.05) is 6.92 Å². The van der Waals surface area contributed by atoms with Crippen LogP contribution < -0.4 is 0 Å². The summed E-state index contributed by atoms with van der Waals surface area (Å²) < 4.78 is 44.6. The maximum Gasteiger partial charge on any atom is 0.192 e. The smallest absolute Gasteiger partial charge is 0.192 e. The lowest BCUT2D eigenvalue weighted by molar-refractivity contribution is -0.124. The van der Waals surface area contributed by atoms with Crippen LogP contribution in [0.15, 0.2) is 35.2 Å². The number of sulfone groups is 1. The Morgan fingerprint density at radius 3 is 2.23 bits per heavy atom. The van der Waals surface area contributed by atoms with Crippen molar-refractivity contribution in [3.63, 3.8) is 0 Å². The summed E-state index contributed by atoms with van der Waals surface area (Å²) >= 11 is 0. The summed E-state index contributed by atoms with van der Waals surface area (Å²) in [5.41, 5.74) is 0. The molecule has 9 heteroatoms. The molecule has 202 valence electrons. The van der Waals surface area contributed by atoms with Crippen molar-refractivity contribution in [3.8, 4) is 0 Å². The average Bonchev–Trinajstić information content (AvgIpc) is 2.80. The van der Waals surface area contributed by atoms with Gasteiger partial charge in [0.15, 0.2) is 23.9 Å². The Balaban J connectivity index is 3.24. The number of rotatable bonds is 16. The van der Waals surface area contributed by atoms with E-state index in [1.165, 1.54) is 19.2 Å². The Hall–Kier alpha value is -1.10. The summed E-state index contributed by atoms with van der Waals surface area (Å²) in [4.78, 5) is 13.6. The number of Topliss-reactive ketones (excluding diaryl/α,β-unsaturated/α-hetero) is 1. The van der Waals surface area contributed by atoms with Crippen LogP contribution in [0.1, 0.15) is 53.9 Å². The van der Waals surface area contributed by atoms with Crippen LogP contribution in [0.2, 0.25) is 18.1 Å². The van der Waals surface area contributed by atoms with E-state index in [9.17, 15) is 18.3 Å². The van der Waals surface area contributed by atoms with E-state index in [1.54, 1.807) is 25.1 Å². The van der Waals surface area contributed by atoms with Gasteiger partial charge in [-0.3, -0.25) is 4.79 Å². The predicted octanol–water partition coefficient (Wildman–Crippen LogP) is 4.84. The summed E-state index contributed by atoms with van der Waals surface area (Å²) in [5, 5.41) is 7.99. The first-order chi connectivity index (χ1) is 16.2. The van der Waals surface area contributed by atoms with Crippen molar-refractivity contribution >= 4 is 23.9 Å². The molecular formula is C26H46O7SSi. The molecule has 0 amide bonds. The van der Waals surface area contributed by atoms with Crippen LogP contribution in [0, 0.1) is 11.8 Å². The number of aliphatic hydroxyl groups excluding tert-OH is 1. The van der Waals surface area contributed by atoms with E-state index in [0.29, 0.717) is 19.4 Å². The van der Waals surface area contributed by atoms with Crippen molar-refractivity contribution in [2.24, 2.45) is 11.8 Å². The van der Waals surface area contributed by atoms with Gasteiger partial charge in [-0.05, 0) is 55.4 Å². The van der Waals surface area contributed by atoms with Crippen LogP contribution in [0.3, 0.4) is 0 Å². The Morgan fingerprint density at radius 1 is 1.11 bits per heavy atom. The molecule has 1 N–H and O–H groups in total. The predicted molar refractivity (Wildman–Crippen MR) is 142 cm³/mol. The molecule has 1 aromatic rings. The summed E-state index contributed by atoms with van der Waals surface area (Å²) in [7, 11) is -4.45. The van der Waals surface area contributed by atoms with Crippen molar-refractivity contribution in [1.82, 2.24) is 0 Å². The molecule has 0 saturated heterocycles. The van der Waals surface area contributed by atoms with Gasteiger partial charge in [0.2, 0.25) is 0 Å². The lowest BCUT2D eigenvalue weighted by Crippen LogP contribution is -2.45. The fraction of sp³-hybridized carbons (Fsp3) is 0.731. The monoisotopic (exact) mass is 530 g/mol. The molecule has 0 aliphatic heterocycles. The van der Waals surface area contributed by atoms with E-state index in [4.69, 9.17) is 13.9 Å². The molecule has 7 nitrogen and oxygen atoms in total. The molecule has 0 radical (unpaired) electrons. The van der Waals surface area contributed by atoms with Gasteiger partial charge in [0.1, 0.15) is 12.0 Å². The zero-order chi connectivity index (χ0) is 26.9. The number of ketones is 1. The fourth-order valence-corrected chi connectivity index (χ4v) is 6.53. The number of hydrogen-bond donors (Lipinski definition) is 1. The minimum Gasteiger partial charge on any atom is -0.414 e. The number of carbonyl (C=O) groups excluding carboxylic acids is 1. The van der Waals surface area contributed by atoms with Gasteiger partial charge >= 0.3 is 0 Å². The maximum atomic E-state index is 13.6. The first kappa shape index (κ1) is 31.9. The highest BCUT2D eigenvalue weighted by Gasteiger charge is 2.41. The molecule has 0 bridgehead atoms. The molecule has 0 spiro atoms. The Labute approximate surface area is 213 Å².